The van der Waals surface area contributed by atoms with E-state index in [-0.39, 0.29) is 22.8 Å². The highest BCUT2D eigenvalue weighted by atomic mass is 35.5. The first-order valence-corrected chi connectivity index (χ1v) is 12.0. The predicted molar refractivity (Wildman–Crippen MR) is 136 cm³/mol. The molecular formula is C28H18ClNO4S. The Labute approximate surface area is 211 Å². The Morgan fingerprint density at radius 1 is 0.714 bits per heavy atom. The topological polar surface area (TPSA) is 63.7 Å². The number of carbonyl (C=O) groups excluding carboxylic acids is 3. The summed E-state index contributed by atoms with van der Waals surface area (Å²) in [4.78, 5) is 42.7. The molecule has 0 saturated carbocycles. The summed E-state index contributed by atoms with van der Waals surface area (Å²) in [6.45, 7) is -0.477. The van der Waals surface area contributed by atoms with Gasteiger partial charge in [0.1, 0.15) is 0 Å². The smallest absolute Gasteiger partial charge is 0.339 e. The molecule has 0 atom stereocenters. The van der Waals surface area contributed by atoms with E-state index in [1.54, 1.807) is 59.1 Å². The van der Waals surface area contributed by atoms with Crippen LogP contribution in [0.4, 0.5) is 11.4 Å². The lowest BCUT2D eigenvalue weighted by Crippen LogP contribution is -2.32. The molecule has 5 rings (SSSR count). The molecule has 1 aliphatic heterocycles. The highest BCUT2D eigenvalue weighted by Crippen LogP contribution is 2.47. The van der Waals surface area contributed by atoms with Gasteiger partial charge in [0.05, 0.1) is 16.9 Å². The summed E-state index contributed by atoms with van der Waals surface area (Å²) >= 11 is 7.50. The van der Waals surface area contributed by atoms with Gasteiger partial charge in [0, 0.05) is 25.9 Å². The molecule has 0 N–H and O–H groups in total. The molecule has 0 unspecified atom stereocenters. The van der Waals surface area contributed by atoms with Crippen LogP contribution in [0, 0.1) is 0 Å². The lowest BCUT2D eigenvalue weighted by Gasteiger charge is -2.30. The summed E-state index contributed by atoms with van der Waals surface area (Å²) in [6, 6.07) is 28.0. The number of rotatable bonds is 5. The Hall–Kier alpha value is -3.87. The molecule has 1 heterocycles. The molecule has 0 bridgehead atoms. The Morgan fingerprint density at radius 3 is 1.89 bits per heavy atom. The normalized spacial score (nSPS) is 11.9. The van der Waals surface area contributed by atoms with Crippen LogP contribution in [0.3, 0.4) is 0 Å². The largest absolute Gasteiger partial charge is 0.452 e. The maximum atomic E-state index is 13.3. The Balaban J connectivity index is 1.37. The average molecular weight is 500 g/mol. The van der Waals surface area contributed by atoms with Crippen molar-refractivity contribution in [3.8, 4) is 0 Å². The number of hydrogen-bond acceptors (Lipinski definition) is 5. The number of halogens is 1. The van der Waals surface area contributed by atoms with Crippen molar-refractivity contribution in [3.63, 3.8) is 0 Å². The third-order valence-corrected chi connectivity index (χ3v) is 6.89. The third kappa shape index (κ3) is 4.58. The molecular weight excluding hydrogens is 482 g/mol. The second-order valence-electron chi connectivity index (χ2n) is 7.72. The monoisotopic (exact) mass is 499 g/mol. The van der Waals surface area contributed by atoms with Gasteiger partial charge in [-0.25, -0.2) is 4.79 Å². The van der Waals surface area contributed by atoms with Crippen molar-refractivity contribution in [1.29, 1.82) is 0 Å². The molecule has 172 valence electrons. The first-order valence-electron chi connectivity index (χ1n) is 10.8. The number of hydrogen-bond donors (Lipinski definition) is 0. The second kappa shape index (κ2) is 9.78. The van der Waals surface area contributed by atoms with Crippen molar-refractivity contribution in [2.75, 3.05) is 11.5 Å². The minimum atomic E-state index is -0.746. The van der Waals surface area contributed by atoms with Gasteiger partial charge in [0.2, 0.25) is 0 Å². The highest BCUT2D eigenvalue weighted by molar-refractivity contribution is 7.99. The number of benzene rings is 4. The number of anilines is 2. The van der Waals surface area contributed by atoms with Crippen LogP contribution in [0.1, 0.15) is 26.3 Å². The molecule has 0 saturated heterocycles. The fourth-order valence-electron chi connectivity index (χ4n) is 3.86. The van der Waals surface area contributed by atoms with Crippen LogP contribution in [0.25, 0.3) is 0 Å². The first kappa shape index (κ1) is 22.9. The standard InChI is InChI=1S/C28H18ClNO4S/c29-19-15-13-18(14-16-19)27(32)20-7-1-2-8-21(20)28(33)34-17-26(31)30-22-9-3-5-11-24(22)35-25-12-6-4-10-23(25)30/h1-16H,17H2. The van der Waals surface area contributed by atoms with Crippen molar-refractivity contribution >= 4 is 52.4 Å². The molecule has 4 aromatic rings. The molecule has 1 aliphatic rings. The molecule has 0 fully saturated rings. The maximum absolute atomic E-state index is 13.3. The van der Waals surface area contributed by atoms with E-state index in [0.29, 0.717) is 10.6 Å². The number of esters is 1. The van der Waals surface area contributed by atoms with Crippen LogP contribution in [0.15, 0.2) is 107 Å². The molecule has 35 heavy (non-hydrogen) atoms. The molecule has 0 aromatic heterocycles. The average Bonchev–Trinajstić information content (AvgIpc) is 2.90. The Bertz CT molecular complexity index is 1410. The zero-order valence-corrected chi connectivity index (χ0v) is 19.9. The zero-order valence-electron chi connectivity index (χ0n) is 18.3. The van der Waals surface area contributed by atoms with E-state index in [2.05, 4.69) is 0 Å². The molecule has 7 heteroatoms. The predicted octanol–water partition coefficient (Wildman–Crippen LogP) is 6.56. The molecule has 5 nitrogen and oxygen atoms in total. The number of ketones is 1. The van der Waals surface area contributed by atoms with Gasteiger partial charge < -0.3 is 4.74 Å². The van der Waals surface area contributed by atoms with Crippen molar-refractivity contribution in [2.45, 2.75) is 9.79 Å². The van der Waals surface area contributed by atoms with Gasteiger partial charge >= 0.3 is 5.97 Å². The van der Waals surface area contributed by atoms with Gasteiger partial charge in [-0.1, -0.05) is 65.8 Å². The molecule has 1 amide bonds. The molecule has 4 aromatic carbocycles. The van der Waals surface area contributed by atoms with E-state index < -0.39 is 12.6 Å². The summed E-state index contributed by atoms with van der Waals surface area (Å²) in [7, 11) is 0. The second-order valence-corrected chi connectivity index (χ2v) is 9.24. The zero-order chi connectivity index (χ0) is 24.4. The van der Waals surface area contributed by atoms with E-state index >= 15 is 0 Å². The van der Waals surface area contributed by atoms with E-state index in [9.17, 15) is 14.4 Å². The van der Waals surface area contributed by atoms with Crippen molar-refractivity contribution in [3.05, 3.63) is 119 Å². The van der Waals surface area contributed by atoms with E-state index in [1.807, 2.05) is 48.5 Å². The summed E-state index contributed by atoms with van der Waals surface area (Å²) in [5.74, 6) is -1.47. The Kier molecular flexibility index (Phi) is 6.40. The molecule has 0 aliphatic carbocycles. The third-order valence-electron chi connectivity index (χ3n) is 5.51. The lowest BCUT2D eigenvalue weighted by atomic mass is 9.98. The maximum Gasteiger partial charge on any atom is 0.339 e. The minimum Gasteiger partial charge on any atom is -0.452 e. The summed E-state index contributed by atoms with van der Waals surface area (Å²) in [5, 5.41) is 0.506. The van der Waals surface area contributed by atoms with Crippen LogP contribution in [-0.4, -0.2) is 24.3 Å². The SMILES string of the molecule is O=C(OCC(=O)N1c2ccccc2Sc2ccccc21)c1ccccc1C(=O)c1ccc(Cl)cc1. The van der Waals surface area contributed by atoms with Crippen molar-refractivity contribution in [1.82, 2.24) is 0 Å². The van der Waals surface area contributed by atoms with Crippen LogP contribution in [-0.2, 0) is 9.53 Å². The number of nitrogens with zero attached hydrogens (tertiary/aromatic N) is 1. The molecule has 0 spiro atoms. The van der Waals surface area contributed by atoms with E-state index in [4.69, 9.17) is 16.3 Å². The van der Waals surface area contributed by atoms with Gasteiger partial charge in [0.15, 0.2) is 12.4 Å². The van der Waals surface area contributed by atoms with Crippen molar-refractivity contribution in [2.24, 2.45) is 0 Å². The number of para-hydroxylation sites is 2. The number of carbonyl (C=O) groups is 3. The van der Waals surface area contributed by atoms with Gasteiger partial charge in [-0.15, -0.1) is 0 Å². The van der Waals surface area contributed by atoms with Crippen LogP contribution in [0.2, 0.25) is 5.02 Å². The van der Waals surface area contributed by atoms with Gasteiger partial charge in [-0.3, -0.25) is 14.5 Å². The number of fused-ring (bicyclic) bond motifs is 2. The van der Waals surface area contributed by atoms with Crippen LogP contribution < -0.4 is 4.90 Å². The highest BCUT2D eigenvalue weighted by Gasteiger charge is 2.29. The summed E-state index contributed by atoms with van der Waals surface area (Å²) < 4.78 is 5.41. The fourth-order valence-corrected chi connectivity index (χ4v) is 5.04. The first-order chi connectivity index (χ1) is 17.0. The minimum absolute atomic E-state index is 0.0928. The summed E-state index contributed by atoms with van der Waals surface area (Å²) in [6.07, 6.45) is 0. The van der Waals surface area contributed by atoms with Crippen LogP contribution in [0.5, 0.6) is 0 Å². The van der Waals surface area contributed by atoms with Gasteiger partial charge in [-0.2, -0.15) is 0 Å². The van der Waals surface area contributed by atoms with E-state index in [0.717, 1.165) is 21.2 Å². The van der Waals surface area contributed by atoms with Crippen molar-refractivity contribution < 1.29 is 19.1 Å². The Morgan fingerprint density at radius 2 is 1.26 bits per heavy atom. The number of amides is 1. The lowest BCUT2D eigenvalue weighted by molar-refractivity contribution is -0.121. The van der Waals surface area contributed by atoms with E-state index in [1.165, 1.54) is 6.07 Å². The quantitative estimate of drug-likeness (QED) is 0.230. The fraction of sp³-hybridized carbons (Fsp3) is 0.0357. The summed E-state index contributed by atoms with van der Waals surface area (Å²) in [5.41, 5.74) is 2.14. The van der Waals surface area contributed by atoms with Crippen LogP contribution >= 0.6 is 23.4 Å². The molecule has 0 radical (unpaired) electrons. The van der Waals surface area contributed by atoms with Gasteiger partial charge in [0.25, 0.3) is 5.91 Å². The van der Waals surface area contributed by atoms with Gasteiger partial charge in [-0.05, 0) is 54.6 Å². The number of ether oxygens (including phenoxy) is 1.